The van der Waals surface area contributed by atoms with Gasteiger partial charge in [0.25, 0.3) is 5.91 Å². The lowest BCUT2D eigenvalue weighted by Crippen LogP contribution is -2.27. The van der Waals surface area contributed by atoms with E-state index in [9.17, 15) is 9.18 Å². The predicted octanol–water partition coefficient (Wildman–Crippen LogP) is 3.08. The van der Waals surface area contributed by atoms with Gasteiger partial charge in [0.1, 0.15) is 17.3 Å². The molecule has 0 saturated heterocycles. The quantitative estimate of drug-likeness (QED) is 0.527. The Bertz CT molecular complexity index is 1170. The van der Waals surface area contributed by atoms with Gasteiger partial charge in [0.05, 0.1) is 24.6 Å². The van der Waals surface area contributed by atoms with E-state index in [4.69, 9.17) is 4.74 Å². The molecule has 0 spiro atoms. The first-order valence-corrected chi connectivity index (χ1v) is 9.12. The fraction of sp³-hybridized carbons (Fsp3) is 0.190. The molecule has 0 unspecified atom stereocenters. The van der Waals surface area contributed by atoms with Crippen LogP contribution in [0.2, 0.25) is 0 Å². The zero-order valence-corrected chi connectivity index (χ0v) is 16.1. The molecule has 3 heterocycles. The van der Waals surface area contributed by atoms with Gasteiger partial charge in [0.2, 0.25) is 0 Å². The van der Waals surface area contributed by atoms with Crippen LogP contribution >= 0.6 is 0 Å². The molecule has 148 valence electrons. The van der Waals surface area contributed by atoms with Gasteiger partial charge in [-0.1, -0.05) is 0 Å². The van der Waals surface area contributed by atoms with Crippen molar-refractivity contribution in [2.24, 2.45) is 7.05 Å². The molecule has 1 aromatic carbocycles. The smallest absolute Gasteiger partial charge is 0.270 e. The number of nitrogens with zero attached hydrogens (tertiary/aromatic N) is 3. The third kappa shape index (κ3) is 3.69. The van der Waals surface area contributed by atoms with Gasteiger partial charge in [-0.2, -0.15) is 0 Å². The molecule has 0 aliphatic carbocycles. The van der Waals surface area contributed by atoms with E-state index in [1.807, 2.05) is 29.9 Å². The fourth-order valence-corrected chi connectivity index (χ4v) is 3.27. The number of pyridine rings is 1. The second-order valence-electron chi connectivity index (χ2n) is 6.64. The van der Waals surface area contributed by atoms with Gasteiger partial charge in [-0.3, -0.25) is 4.79 Å². The van der Waals surface area contributed by atoms with Crippen LogP contribution in [0.25, 0.3) is 22.2 Å². The lowest BCUT2D eigenvalue weighted by atomic mass is 10.1. The number of nitrogens with one attached hydrogen (secondary N) is 2. The van der Waals surface area contributed by atoms with Crippen LogP contribution in [0.1, 0.15) is 16.2 Å². The van der Waals surface area contributed by atoms with Gasteiger partial charge in [-0.05, 0) is 24.3 Å². The number of halogens is 1. The third-order valence-corrected chi connectivity index (χ3v) is 4.77. The topological polar surface area (TPSA) is 84.8 Å². The highest BCUT2D eigenvalue weighted by Crippen LogP contribution is 2.32. The van der Waals surface area contributed by atoms with Crippen LogP contribution in [0.5, 0.6) is 5.75 Å². The van der Waals surface area contributed by atoms with Crippen molar-refractivity contribution in [1.29, 1.82) is 0 Å². The molecule has 1 amide bonds. The lowest BCUT2D eigenvalue weighted by Gasteiger charge is -2.12. The van der Waals surface area contributed by atoms with E-state index in [0.717, 1.165) is 16.6 Å². The molecule has 4 aromatic rings. The SMILES string of the molecule is COc1cc(F)ccc1-c1cc2c(ccn2C)c(C(=O)NCCc2cnc[nH]2)n1. The van der Waals surface area contributed by atoms with Gasteiger partial charge >= 0.3 is 0 Å². The Morgan fingerprint density at radius 1 is 1.31 bits per heavy atom. The van der Waals surface area contributed by atoms with Gasteiger partial charge in [-0.25, -0.2) is 14.4 Å². The first kappa shape index (κ1) is 18.7. The monoisotopic (exact) mass is 393 g/mol. The number of carbonyl (C=O) groups is 1. The normalized spacial score (nSPS) is 11.0. The number of methoxy groups -OCH3 is 1. The van der Waals surface area contributed by atoms with Crippen LogP contribution in [0.15, 0.2) is 49.1 Å². The van der Waals surface area contributed by atoms with Crippen LogP contribution in [0.3, 0.4) is 0 Å². The maximum atomic E-state index is 13.6. The van der Waals surface area contributed by atoms with Crippen LogP contribution in [0, 0.1) is 5.82 Å². The van der Waals surface area contributed by atoms with Crippen molar-refractivity contribution in [2.75, 3.05) is 13.7 Å². The van der Waals surface area contributed by atoms with E-state index in [1.165, 1.54) is 19.2 Å². The summed E-state index contributed by atoms with van der Waals surface area (Å²) in [5, 5.41) is 3.65. The largest absolute Gasteiger partial charge is 0.496 e. The van der Waals surface area contributed by atoms with E-state index in [-0.39, 0.29) is 5.91 Å². The number of aromatic amines is 1. The Labute approximate surface area is 166 Å². The standard InChI is InChI=1S/C21H20FN5O2/c1-27-8-6-16-18(27)10-17(15-4-3-13(22)9-19(15)29-2)26-20(16)21(28)24-7-5-14-11-23-12-25-14/h3-4,6,8-12H,5,7H2,1-2H3,(H,23,25)(H,24,28). The summed E-state index contributed by atoms with van der Waals surface area (Å²) >= 11 is 0. The number of fused-ring (bicyclic) bond motifs is 1. The first-order valence-electron chi connectivity index (χ1n) is 9.12. The Balaban J connectivity index is 1.71. The zero-order valence-electron chi connectivity index (χ0n) is 16.1. The molecule has 8 heteroatoms. The molecule has 0 fully saturated rings. The maximum Gasteiger partial charge on any atom is 0.270 e. The van der Waals surface area contributed by atoms with Crippen molar-refractivity contribution in [2.45, 2.75) is 6.42 Å². The Hall–Kier alpha value is -3.68. The molecule has 0 radical (unpaired) electrons. The number of imidazole rings is 1. The maximum absolute atomic E-state index is 13.6. The average molecular weight is 393 g/mol. The van der Waals surface area contributed by atoms with Crippen LogP contribution in [-0.2, 0) is 13.5 Å². The number of H-pyrrole nitrogens is 1. The third-order valence-electron chi connectivity index (χ3n) is 4.77. The van der Waals surface area contributed by atoms with Crippen molar-refractivity contribution < 1.29 is 13.9 Å². The lowest BCUT2D eigenvalue weighted by molar-refractivity contribution is 0.0951. The molecule has 0 aliphatic heterocycles. The van der Waals surface area contributed by atoms with Crippen molar-refractivity contribution in [3.05, 3.63) is 66.3 Å². The highest BCUT2D eigenvalue weighted by Gasteiger charge is 2.18. The fourth-order valence-electron chi connectivity index (χ4n) is 3.27. The van der Waals surface area contributed by atoms with E-state index < -0.39 is 5.82 Å². The van der Waals surface area contributed by atoms with Crippen LogP contribution in [-0.4, -0.2) is 39.1 Å². The number of aromatic nitrogens is 4. The molecule has 2 N–H and O–H groups in total. The molecular weight excluding hydrogens is 373 g/mol. The zero-order chi connectivity index (χ0) is 20.4. The molecular formula is C21H20FN5O2. The minimum atomic E-state index is -0.401. The minimum Gasteiger partial charge on any atom is -0.496 e. The molecule has 0 bridgehead atoms. The Kier molecular flexibility index (Phi) is 4.99. The number of benzene rings is 1. The van der Waals surface area contributed by atoms with Gasteiger partial charge < -0.3 is 19.6 Å². The number of aryl methyl sites for hydroxylation is 1. The molecule has 0 aliphatic rings. The van der Waals surface area contributed by atoms with Gasteiger partial charge in [0.15, 0.2) is 0 Å². The van der Waals surface area contributed by atoms with E-state index in [1.54, 1.807) is 18.6 Å². The number of ether oxygens (including phenoxy) is 1. The van der Waals surface area contributed by atoms with Gasteiger partial charge in [-0.15, -0.1) is 0 Å². The summed E-state index contributed by atoms with van der Waals surface area (Å²) in [5.41, 5.74) is 3.25. The summed E-state index contributed by atoms with van der Waals surface area (Å²) < 4.78 is 20.8. The van der Waals surface area contributed by atoms with E-state index >= 15 is 0 Å². The summed E-state index contributed by atoms with van der Waals surface area (Å²) in [6.45, 7) is 0.446. The number of carbonyl (C=O) groups excluding carboxylic acids is 1. The summed E-state index contributed by atoms with van der Waals surface area (Å²) in [7, 11) is 3.37. The highest BCUT2D eigenvalue weighted by molar-refractivity contribution is 6.05. The molecule has 0 atom stereocenters. The van der Waals surface area contributed by atoms with Crippen molar-refractivity contribution in [1.82, 2.24) is 24.8 Å². The predicted molar refractivity (Wildman–Crippen MR) is 107 cm³/mol. The Morgan fingerprint density at radius 2 is 2.17 bits per heavy atom. The number of hydrogen-bond donors (Lipinski definition) is 2. The number of rotatable bonds is 6. The molecule has 3 aromatic heterocycles. The molecule has 4 rings (SSSR count). The van der Waals surface area contributed by atoms with Crippen molar-refractivity contribution >= 4 is 16.8 Å². The van der Waals surface area contributed by atoms with Crippen LogP contribution < -0.4 is 10.1 Å². The average Bonchev–Trinajstić information content (AvgIpc) is 3.37. The molecule has 0 saturated carbocycles. The molecule has 29 heavy (non-hydrogen) atoms. The summed E-state index contributed by atoms with van der Waals surface area (Å²) in [6, 6.07) is 7.98. The summed E-state index contributed by atoms with van der Waals surface area (Å²) in [6.07, 6.45) is 5.83. The van der Waals surface area contributed by atoms with E-state index in [2.05, 4.69) is 20.3 Å². The second-order valence-corrected chi connectivity index (χ2v) is 6.64. The Morgan fingerprint density at radius 3 is 2.93 bits per heavy atom. The number of amides is 1. The van der Waals surface area contributed by atoms with E-state index in [0.29, 0.717) is 35.7 Å². The van der Waals surface area contributed by atoms with Gasteiger partial charge in [0, 0.05) is 55.1 Å². The summed E-state index contributed by atoms with van der Waals surface area (Å²) in [5.74, 6) is -0.317. The second kappa shape index (κ2) is 7.75. The summed E-state index contributed by atoms with van der Waals surface area (Å²) in [4.78, 5) is 24.5. The number of hydrogen-bond acceptors (Lipinski definition) is 4. The highest BCUT2D eigenvalue weighted by atomic mass is 19.1. The molecule has 7 nitrogen and oxygen atoms in total. The minimum absolute atomic E-state index is 0.274. The van der Waals surface area contributed by atoms with Crippen molar-refractivity contribution in [3.63, 3.8) is 0 Å². The van der Waals surface area contributed by atoms with Crippen molar-refractivity contribution in [3.8, 4) is 17.0 Å². The first-order chi connectivity index (χ1) is 14.1. The van der Waals surface area contributed by atoms with Crippen LogP contribution in [0.4, 0.5) is 4.39 Å².